The molecule has 290 valence electrons. The third-order valence-electron chi connectivity index (χ3n) is 12.4. The summed E-state index contributed by atoms with van der Waals surface area (Å²) >= 11 is 1.86. The smallest absolute Gasteiger partial charge is 0.0468 e. The summed E-state index contributed by atoms with van der Waals surface area (Å²) in [5.41, 5.74) is 13.1. The van der Waals surface area contributed by atoms with Crippen LogP contribution in [-0.2, 0) is 0 Å². The van der Waals surface area contributed by atoms with E-state index in [1.165, 1.54) is 97.0 Å². The molecule has 0 bridgehead atoms. The Kier molecular flexibility index (Phi) is 8.76. The molecule has 0 fully saturated rings. The molecule has 1 heterocycles. The normalized spacial score (nSPS) is 11.5. The zero-order valence-corrected chi connectivity index (χ0v) is 34.7. The van der Waals surface area contributed by atoms with E-state index in [-0.39, 0.29) is 0 Å². The van der Waals surface area contributed by atoms with Crippen LogP contribution in [0.5, 0.6) is 0 Å². The van der Waals surface area contributed by atoms with Gasteiger partial charge in [0.1, 0.15) is 0 Å². The Labute approximate surface area is 365 Å². The van der Waals surface area contributed by atoms with E-state index >= 15 is 0 Å². The topological polar surface area (TPSA) is 3.24 Å². The van der Waals surface area contributed by atoms with Gasteiger partial charge in [-0.05, 0) is 137 Å². The Morgan fingerprint density at radius 2 is 0.726 bits per heavy atom. The fourth-order valence-corrected chi connectivity index (χ4v) is 10.5. The molecule has 62 heavy (non-hydrogen) atoms. The lowest BCUT2D eigenvalue weighted by molar-refractivity contribution is 1.29. The second-order valence-electron chi connectivity index (χ2n) is 16.1. The van der Waals surface area contributed by atoms with Crippen molar-refractivity contribution in [3.8, 4) is 44.5 Å². The molecule has 0 saturated carbocycles. The maximum absolute atomic E-state index is 2.41. The summed E-state index contributed by atoms with van der Waals surface area (Å²) in [7, 11) is 0. The van der Waals surface area contributed by atoms with Gasteiger partial charge in [0.05, 0.1) is 0 Å². The van der Waals surface area contributed by atoms with E-state index in [4.69, 9.17) is 0 Å². The van der Waals surface area contributed by atoms with Gasteiger partial charge >= 0.3 is 0 Å². The molecule has 12 aromatic rings. The quantitative estimate of drug-likeness (QED) is 0.145. The summed E-state index contributed by atoms with van der Waals surface area (Å²) < 4.78 is 2.61. The van der Waals surface area contributed by atoms with Crippen LogP contribution in [0.15, 0.2) is 237 Å². The standard InChI is InChI=1S/C60H39NS/c1-3-14-43(15-4-1)59-54-21-10-9-19-51(54)52-35-29-47(38-56(52)60(59)44-16-5-2-6-17-44)42-27-32-49(33-28-42)61(50-34-36-58-55(39-50)53-20-11-12-22-57(53)62-58)48-30-25-41(26-31-48)46-24-23-40-13-7-8-18-45(40)37-46/h1-39H. The van der Waals surface area contributed by atoms with Gasteiger partial charge in [-0.2, -0.15) is 0 Å². The van der Waals surface area contributed by atoms with Crippen LogP contribution < -0.4 is 4.90 Å². The summed E-state index contributed by atoms with van der Waals surface area (Å²) in [6.07, 6.45) is 0. The molecule has 0 saturated heterocycles. The van der Waals surface area contributed by atoms with Crippen LogP contribution in [0.3, 0.4) is 0 Å². The number of fused-ring (bicyclic) bond motifs is 7. The number of thiophene rings is 1. The second kappa shape index (κ2) is 15.0. The summed E-state index contributed by atoms with van der Waals surface area (Å²) in [5.74, 6) is 0. The van der Waals surface area contributed by atoms with Gasteiger partial charge in [-0.25, -0.2) is 0 Å². The third kappa shape index (κ3) is 6.24. The molecule has 0 radical (unpaired) electrons. The summed E-state index contributed by atoms with van der Waals surface area (Å²) in [4.78, 5) is 2.39. The Balaban J connectivity index is 0.991. The number of hydrogen-bond donors (Lipinski definition) is 0. The Hall–Kier alpha value is -7.78. The highest BCUT2D eigenvalue weighted by Gasteiger charge is 2.19. The van der Waals surface area contributed by atoms with Gasteiger partial charge in [0.25, 0.3) is 0 Å². The third-order valence-corrected chi connectivity index (χ3v) is 13.6. The number of benzene rings is 11. The minimum atomic E-state index is 1.11. The molecular weight excluding hydrogens is 767 g/mol. The van der Waals surface area contributed by atoms with Gasteiger partial charge in [-0.3, -0.25) is 0 Å². The molecule has 0 N–H and O–H groups in total. The lowest BCUT2D eigenvalue weighted by atomic mass is 9.84. The first kappa shape index (κ1) is 36.1. The van der Waals surface area contributed by atoms with Crippen molar-refractivity contribution in [3.05, 3.63) is 237 Å². The van der Waals surface area contributed by atoms with Crippen LogP contribution in [0.1, 0.15) is 0 Å². The average molecular weight is 806 g/mol. The summed E-state index contributed by atoms with van der Waals surface area (Å²) in [6, 6.07) is 86.8. The predicted molar refractivity (Wildman–Crippen MR) is 268 cm³/mol. The first-order valence-corrected chi connectivity index (χ1v) is 22.1. The number of anilines is 3. The predicted octanol–water partition coefficient (Wildman–Crippen LogP) is 17.7. The van der Waals surface area contributed by atoms with Crippen molar-refractivity contribution >= 4 is 80.9 Å². The highest BCUT2D eigenvalue weighted by Crippen LogP contribution is 2.46. The van der Waals surface area contributed by atoms with Crippen LogP contribution in [0.25, 0.3) is 97.0 Å². The highest BCUT2D eigenvalue weighted by molar-refractivity contribution is 7.25. The molecule has 2 heteroatoms. The molecule has 1 nitrogen and oxygen atoms in total. The van der Waals surface area contributed by atoms with Crippen LogP contribution in [0.2, 0.25) is 0 Å². The first-order chi connectivity index (χ1) is 30.7. The molecule has 11 aromatic carbocycles. The van der Waals surface area contributed by atoms with Gasteiger partial charge in [-0.1, -0.05) is 176 Å². The SMILES string of the molecule is c1ccc(-c2c(-c3ccccc3)c3cc(-c4ccc(N(c5ccc(-c6ccc7ccccc7c6)cc5)c5ccc6sc7ccccc7c6c5)cc4)ccc3c3ccccc23)cc1. The fraction of sp³-hybridized carbons (Fsp3) is 0. The largest absolute Gasteiger partial charge is 0.310 e. The first-order valence-electron chi connectivity index (χ1n) is 21.2. The van der Waals surface area contributed by atoms with Gasteiger partial charge in [0, 0.05) is 37.2 Å². The molecule has 1 aromatic heterocycles. The lowest BCUT2D eigenvalue weighted by Crippen LogP contribution is -2.09. The van der Waals surface area contributed by atoms with Gasteiger partial charge in [-0.15, -0.1) is 11.3 Å². The summed E-state index contributed by atoms with van der Waals surface area (Å²) in [6.45, 7) is 0. The molecule has 0 spiro atoms. The summed E-state index contributed by atoms with van der Waals surface area (Å²) in [5, 5.41) is 10.1. The van der Waals surface area contributed by atoms with Crippen LogP contribution in [0, 0.1) is 0 Å². The zero-order valence-electron chi connectivity index (χ0n) is 33.9. The van der Waals surface area contributed by atoms with E-state index in [1.807, 2.05) is 11.3 Å². The molecule has 0 aliphatic carbocycles. The zero-order chi connectivity index (χ0) is 41.0. The number of hydrogen-bond acceptors (Lipinski definition) is 2. The van der Waals surface area contributed by atoms with Crippen molar-refractivity contribution in [1.29, 1.82) is 0 Å². The monoisotopic (exact) mass is 805 g/mol. The van der Waals surface area contributed by atoms with Crippen molar-refractivity contribution in [2.75, 3.05) is 4.90 Å². The minimum Gasteiger partial charge on any atom is -0.310 e. The van der Waals surface area contributed by atoms with Gasteiger partial charge in [0.15, 0.2) is 0 Å². The molecule has 0 aliphatic rings. The Morgan fingerprint density at radius 3 is 1.42 bits per heavy atom. The minimum absolute atomic E-state index is 1.11. The average Bonchev–Trinajstić information content (AvgIpc) is 3.72. The van der Waals surface area contributed by atoms with E-state index in [0.717, 1.165) is 17.1 Å². The fourth-order valence-electron chi connectivity index (χ4n) is 9.46. The van der Waals surface area contributed by atoms with E-state index < -0.39 is 0 Å². The maximum atomic E-state index is 2.41. The molecule has 0 unspecified atom stereocenters. The molecular formula is C60H39NS. The molecule has 12 rings (SSSR count). The number of nitrogens with zero attached hydrogens (tertiary/aromatic N) is 1. The van der Waals surface area contributed by atoms with Crippen molar-refractivity contribution in [2.24, 2.45) is 0 Å². The van der Waals surface area contributed by atoms with E-state index in [1.54, 1.807) is 0 Å². The van der Waals surface area contributed by atoms with Crippen molar-refractivity contribution in [1.82, 2.24) is 0 Å². The van der Waals surface area contributed by atoms with Crippen LogP contribution in [0.4, 0.5) is 17.1 Å². The Bertz CT molecular complexity index is 3610. The van der Waals surface area contributed by atoms with E-state index in [2.05, 4.69) is 241 Å². The van der Waals surface area contributed by atoms with Gasteiger partial charge in [0.2, 0.25) is 0 Å². The molecule has 0 atom stereocenters. The lowest BCUT2D eigenvalue weighted by Gasteiger charge is -2.26. The van der Waals surface area contributed by atoms with Crippen molar-refractivity contribution < 1.29 is 0 Å². The highest BCUT2D eigenvalue weighted by atomic mass is 32.1. The Morgan fingerprint density at radius 1 is 0.242 bits per heavy atom. The second-order valence-corrected chi connectivity index (χ2v) is 17.1. The van der Waals surface area contributed by atoms with Crippen LogP contribution in [-0.4, -0.2) is 0 Å². The van der Waals surface area contributed by atoms with Crippen molar-refractivity contribution in [2.45, 2.75) is 0 Å². The van der Waals surface area contributed by atoms with Gasteiger partial charge < -0.3 is 4.90 Å². The van der Waals surface area contributed by atoms with E-state index in [9.17, 15) is 0 Å². The van der Waals surface area contributed by atoms with Crippen molar-refractivity contribution in [3.63, 3.8) is 0 Å². The van der Waals surface area contributed by atoms with E-state index in [0.29, 0.717) is 0 Å². The maximum Gasteiger partial charge on any atom is 0.0468 e. The van der Waals surface area contributed by atoms with Crippen LogP contribution >= 0.6 is 11.3 Å². The molecule has 0 amide bonds. The number of rotatable bonds is 7. The molecule has 0 aliphatic heterocycles.